The molecule has 1 saturated heterocycles. The molecule has 0 saturated carbocycles. The minimum Gasteiger partial charge on any atom is -0.381 e. The van der Waals surface area contributed by atoms with Crippen molar-refractivity contribution in [2.45, 2.75) is 38.8 Å². The number of nitrogens with zero attached hydrogens (tertiary/aromatic N) is 1. The first kappa shape index (κ1) is 18.6. The molecule has 1 aliphatic rings. The third-order valence-electron chi connectivity index (χ3n) is 5.14. The summed E-state index contributed by atoms with van der Waals surface area (Å²) in [7, 11) is 0. The molecule has 0 radical (unpaired) electrons. The Kier molecular flexibility index (Phi) is 6.40. The molecule has 1 amide bonds. The Bertz CT molecular complexity index is 696. The number of halogens is 1. The molecule has 26 heavy (non-hydrogen) atoms. The summed E-state index contributed by atoms with van der Waals surface area (Å²) >= 11 is 0. The summed E-state index contributed by atoms with van der Waals surface area (Å²) in [4.78, 5) is 15.0. The first-order valence-electron chi connectivity index (χ1n) is 9.30. The summed E-state index contributed by atoms with van der Waals surface area (Å²) in [5, 5.41) is 0. The van der Waals surface area contributed by atoms with Gasteiger partial charge in [0.1, 0.15) is 5.82 Å². The smallest absolute Gasteiger partial charge is 0.223 e. The van der Waals surface area contributed by atoms with Gasteiger partial charge in [-0.2, -0.15) is 0 Å². The van der Waals surface area contributed by atoms with E-state index in [9.17, 15) is 9.18 Å². The van der Waals surface area contributed by atoms with E-state index in [2.05, 4.69) is 6.92 Å². The number of carbonyl (C=O) groups is 1. The molecule has 138 valence electrons. The van der Waals surface area contributed by atoms with Gasteiger partial charge in [0.15, 0.2) is 0 Å². The second-order valence-electron chi connectivity index (χ2n) is 6.99. The maximum atomic E-state index is 13.2. The Morgan fingerprint density at radius 1 is 1.12 bits per heavy atom. The van der Waals surface area contributed by atoms with Gasteiger partial charge in [-0.25, -0.2) is 4.39 Å². The van der Waals surface area contributed by atoms with Crippen molar-refractivity contribution in [3.8, 4) is 0 Å². The van der Waals surface area contributed by atoms with Crippen LogP contribution >= 0.6 is 0 Å². The van der Waals surface area contributed by atoms with Crippen molar-refractivity contribution in [2.24, 2.45) is 5.92 Å². The third-order valence-corrected chi connectivity index (χ3v) is 5.14. The van der Waals surface area contributed by atoms with Crippen LogP contribution in [0.15, 0.2) is 54.6 Å². The van der Waals surface area contributed by atoms with Crippen molar-refractivity contribution in [3.05, 3.63) is 71.5 Å². The summed E-state index contributed by atoms with van der Waals surface area (Å²) in [5.74, 6) is 0.275. The molecule has 4 heteroatoms. The van der Waals surface area contributed by atoms with E-state index in [-0.39, 0.29) is 17.8 Å². The molecule has 3 rings (SSSR count). The van der Waals surface area contributed by atoms with Crippen LogP contribution < -0.4 is 0 Å². The van der Waals surface area contributed by atoms with E-state index in [1.165, 1.54) is 12.1 Å². The molecule has 0 bridgehead atoms. The summed E-state index contributed by atoms with van der Waals surface area (Å²) in [6.07, 6.45) is 2.42. The molecule has 1 fully saturated rings. The van der Waals surface area contributed by atoms with E-state index in [1.807, 2.05) is 35.2 Å². The zero-order valence-electron chi connectivity index (χ0n) is 15.2. The summed E-state index contributed by atoms with van der Waals surface area (Å²) < 4.78 is 18.6. The van der Waals surface area contributed by atoms with E-state index < -0.39 is 0 Å². The maximum absolute atomic E-state index is 13.2. The highest BCUT2D eigenvalue weighted by Gasteiger charge is 2.25. The van der Waals surface area contributed by atoms with Crippen LogP contribution in [-0.2, 0) is 16.1 Å². The van der Waals surface area contributed by atoms with Crippen LogP contribution in [0.25, 0.3) is 0 Å². The van der Waals surface area contributed by atoms with E-state index >= 15 is 0 Å². The second kappa shape index (κ2) is 8.95. The Morgan fingerprint density at radius 2 is 1.77 bits per heavy atom. The van der Waals surface area contributed by atoms with E-state index in [1.54, 1.807) is 12.1 Å². The number of benzene rings is 2. The first-order chi connectivity index (χ1) is 12.6. The number of amides is 1. The zero-order valence-corrected chi connectivity index (χ0v) is 15.2. The monoisotopic (exact) mass is 355 g/mol. The van der Waals surface area contributed by atoms with Crippen molar-refractivity contribution in [3.63, 3.8) is 0 Å². The lowest BCUT2D eigenvalue weighted by Crippen LogP contribution is -2.35. The molecule has 2 aromatic rings. The largest absolute Gasteiger partial charge is 0.381 e. The van der Waals surface area contributed by atoms with Crippen LogP contribution in [0.1, 0.15) is 43.4 Å². The Hall–Kier alpha value is -2.20. The van der Waals surface area contributed by atoms with Crippen molar-refractivity contribution in [2.75, 3.05) is 13.2 Å². The normalized spacial score (nSPS) is 16.2. The number of carbonyl (C=O) groups excluding carboxylic acids is 1. The SMILES string of the molecule is C[C@H](c1ccccc1)N(Cc1ccc(F)cc1)C(=O)CC1CCOCC1. The molecule has 1 aliphatic heterocycles. The quantitative estimate of drug-likeness (QED) is 0.749. The molecule has 0 unspecified atom stereocenters. The molecular formula is C22H26FNO2. The topological polar surface area (TPSA) is 29.5 Å². The standard InChI is InChI=1S/C22H26FNO2/c1-17(20-5-3-2-4-6-20)24(16-19-7-9-21(23)10-8-19)22(25)15-18-11-13-26-14-12-18/h2-10,17-18H,11-16H2,1H3/t17-/m1/s1. The lowest BCUT2D eigenvalue weighted by Gasteiger charge is -2.32. The molecule has 1 heterocycles. The number of hydrogen-bond acceptors (Lipinski definition) is 2. The lowest BCUT2D eigenvalue weighted by atomic mass is 9.95. The van der Waals surface area contributed by atoms with Crippen molar-refractivity contribution in [1.82, 2.24) is 4.90 Å². The predicted octanol–water partition coefficient (Wildman–Crippen LogP) is 4.73. The molecular weight excluding hydrogens is 329 g/mol. The van der Waals surface area contributed by atoms with Crippen LogP contribution in [-0.4, -0.2) is 24.0 Å². The number of ether oxygens (including phenoxy) is 1. The average Bonchev–Trinajstić information content (AvgIpc) is 2.68. The van der Waals surface area contributed by atoms with E-state index in [4.69, 9.17) is 4.74 Å². The molecule has 0 aliphatic carbocycles. The van der Waals surface area contributed by atoms with E-state index in [0.717, 1.165) is 37.2 Å². The van der Waals surface area contributed by atoms with Crippen LogP contribution in [0.2, 0.25) is 0 Å². The van der Waals surface area contributed by atoms with Crippen LogP contribution in [0.3, 0.4) is 0 Å². The van der Waals surface area contributed by atoms with Gasteiger partial charge in [0.25, 0.3) is 0 Å². The number of rotatable bonds is 6. The molecule has 0 N–H and O–H groups in total. The fourth-order valence-corrected chi connectivity index (χ4v) is 3.45. The van der Waals surface area contributed by atoms with Crippen molar-refractivity contribution in [1.29, 1.82) is 0 Å². The fraction of sp³-hybridized carbons (Fsp3) is 0.409. The highest BCUT2D eigenvalue weighted by molar-refractivity contribution is 5.77. The Labute approximate surface area is 154 Å². The lowest BCUT2D eigenvalue weighted by molar-refractivity contribution is -0.135. The summed E-state index contributed by atoms with van der Waals surface area (Å²) in [5.41, 5.74) is 2.05. The van der Waals surface area contributed by atoms with Gasteiger partial charge in [-0.1, -0.05) is 42.5 Å². The maximum Gasteiger partial charge on any atom is 0.223 e. The van der Waals surface area contributed by atoms with Crippen molar-refractivity contribution >= 4 is 5.91 Å². The summed E-state index contributed by atoms with van der Waals surface area (Å²) in [6.45, 7) is 4.02. The Morgan fingerprint density at radius 3 is 2.42 bits per heavy atom. The van der Waals surface area contributed by atoms with E-state index in [0.29, 0.717) is 18.9 Å². The average molecular weight is 355 g/mol. The van der Waals surface area contributed by atoms with Gasteiger partial charge < -0.3 is 9.64 Å². The van der Waals surface area contributed by atoms with Gasteiger partial charge in [0, 0.05) is 26.2 Å². The zero-order chi connectivity index (χ0) is 18.4. The fourth-order valence-electron chi connectivity index (χ4n) is 3.45. The highest BCUT2D eigenvalue weighted by atomic mass is 19.1. The molecule has 0 spiro atoms. The molecule has 0 aromatic heterocycles. The van der Waals surface area contributed by atoms with Gasteiger partial charge in [-0.05, 0) is 48.9 Å². The van der Waals surface area contributed by atoms with Gasteiger partial charge in [-0.3, -0.25) is 4.79 Å². The molecule has 1 atom stereocenters. The van der Waals surface area contributed by atoms with Crippen molar-refractivity contribution < 1.29 is 13.9 Å². The second-order valence-corrected chi connectivity index (χ2v) is 6.99. The Balaban J connectivity index is 1.77. The van der Waals surface area contributed by atoms with Gasteiger partial charge in [0.2, 0.25) is 5.91 Å². The highest BCUT2D eigenvalue weighted by Crippen LogP contribution is 2.26. The van der Waals surface area contributed by atoms with Crippen LogP contribution in [0.5, 0.6) is 0 Å². The molecule has 3 nitrogen and oxygen atoms in total. The van der Waals surface area contributed by atoms with Gasteiger partial charge in [-0.15, -0.1) is 0 Å². The minimum absolute atomic E-state index is 0.0337. The molecule has 2 aromatic carbocycles. The van der Waals surface area contributed by atoms with Gasteiger partial charge >= 0.3 is 0 Å². The number of hydrogen-bond donors (Lipinski definition) is 0. The van der Waals surface area contributed by atoms with Crippen LogP contribution in [0, 0.1) is 11.7 Å². The predicted molar refractivity (Wildman–Crippen MR) is 100.0 cm³/mol. The summed E-state index contributed by atoms with van der Waals surface area (Å²) in [6, 6.07) is 16.4. The third kappa shape index (κ3) is 4.92. The van der Waals surface area contributed by atoms with Crippen LogP contribution in [0.4, 0.5) is 4.39 Å². The minimum atomic E-state index is -0.259. The van der Waals surface area contributed by atoms with Gasteiger partial charge in [0.05, 0.1) is 6.04 Å². The first-order valence-corrected chi connectivity index (χ1v) is 9.30.